The first-order chi connectivity index (χ1) is 7.88. The highest BCUT2D eigenvalue weighted by molar-refractivity contribution is 7.98. The van der Waals surface area contributed by atoms with Crippen LogP contribution >= 0.6 is 11.8 Å². The molecule has 0 aromatic carbocycles. The van der Waals surface area contributed by atoms with Gasteiger partial charge in [0.25, 0.3) is 0 Å². The van der Waals surface area contributed by atoms with Gasteiger partial charge >= 0.3 is 0 Å². The molecule has 0 amide bonds. The highest BCUT2D eigenvalue weighted by Gasteiger charge is 2.17. The highest BCUT2D eigenvalue weighted by Crippen LogP contribution is 2.16. The molecule has 0 bridgehead atoms. The van der Waals surface area contributed by atoms with Gasteiger partial charge in [-0.05, 0) is 37.6 Å². The van der Waals surface area contributed by atoms with Crippen LogP contribution in [0.3, 0.4) is 0 Å². The van der Waals surface area contributed by atoms with E-state index < -0.39 is 0 Å². The van der Waals surface area contributed by atoms with E-state index in [4.69, 9.17) is 4.52 Å². The summed E-state index contributed by atoms with van der Waals surface area (Å²) in [5.74, 6) is 4.27. The number of hydrogen-bond donors (Lipinski definition) is 1. The molecule has 1 atom stereocenters. The van der Waals surface area contributed by atoms with Gasteiger partial charge in [0.1, 0.15) is 0 Å². The van der Waals surface area contributed by atoms with Crippen molar-refractivity contribution in [3.05, 3.63) is 11.7 Å². The largest absolute Gasteiger partial charge is 0.339 e. The second-order valence-corrected chi connectivity index (χ2v) is 5.43. The summed E-state index contributed by atoms with van der Waals surface area (Å²) in [5.41, 5.74) is 0. The van der Waals surface area contributed by atoms with Crippen molar-refractivity contribution in [1.29, 1.82) is 0 Å². The van der Waals surface area contributed by atoms with Crippen LogP contribution in [-0.2, 0) is 12.2 Å². The predicted octanol–water partition coefficient (Wildman–Crippen LogP) is 1.86. The van der Waals surface area contributed by atoms with Crippen LogP contribution in [0.15, 0.2) is 4.52 Å². The van der Waals surface area contributed by atoms with Gasteiger partial charge in [0.05, 0.1) is 5.75 Å². The van der Waals surface area contributed by atoms with Gasteiger partial charge in [-0.3, -0.25) is 0 Å². The third-order valence-electron chi connectivity index (χ3n) is 2.81. The van der Waals surface area contributed by atoms with E-state index in [0.717, 1.165) is 42.7 Å². The molecular formula is C11H19N3OS. The van der Waals surface area contributed by atoms with Crippen molar-refractivity contribution < 1.29 is 4.52 Å². The molecule has 16 heavy (non-hydrogen) atoms. The van der Waals surface area contributed by atoms with Crippen molar-refractivity contribution in [3.63, 3.8) is 0 Å². The SMILES string of the molecule is CCSCc1noc(CC2CCCNC2)n1. The number of rotatable bonds is 5. The molecule has 4 nitrogen and oxygen atoms in total. The summed E-state index contributed by atoms with van der Waals surface area (Å²) >= 11 is 1.82. The van der Waals surface area contributed by atoms with E-state index in [9.17, 15) is 0 Å². The van der Waals surface area contributed by atoms with E-state index in [0.29, 0.717) is 5.92 Å². The number of hydrogen-bond acceptors (Lipinski definition) is 5. The van der Waals surface area contributed by atoms with Gasteiger partial charge in [-0.15, -0.1) is 0 Å². The van der Waals surface area contributed by atoms with Gasteiger partial charge in [-0.1, -0.05) is 12.1 Å². The molecule has 0 radical (unpaired) electrons. The van der Waals surface area contributed by atoms with Gasteiger partial charge in [0.15, 0.2) is 5.82 Å². The molecule has 1 aliphatic heterocycles. The molecule has 5 heteroatoms. The number of aromatic nitrogens is 2. The first-order valence-electron chi connectivity index (χ1n) is 5.98. The Morgan fingerprint density at radius 3 is 3.25 bits per heavy atom. The van der Waals surface area contributed by atoms with Crippen molar-refractivity contribution in [2.75, 3.05) is 18.8 Å². The fourth-order valence-corrected chi connectivity index (χ4v) is 2.47. The molecule has 2 heterocycles. The fraction of sp³-hybridized carbons (Fsp3) is 0.818. The average Bonchev–Trinajstić information content (AvgIpc) is 2.75. The van der Waals surface area contributed by atoms with E-state index in [-0.39, 0.29) is 0 Å². The summed E-state index contributed by atoms with van der Waals surface area (Å²) < 4.78 is 5.26. The second kappa shape index (κ2) is 6.25. The van der Waals surface area contributed by atoms with Crippen LogP contribution in [0, 0.1) is 5.92 Å². The Morgan fingerprint density at radius 1 is 1.56 bits per heavy atom. The number of piperidine rings is 1. The van der Waals surface area contributed by atoms with Crippen LogP contribution < -0.4 is 5.32 Å². The zero-order valence-corrected chi connectivity index (χ0v) is 10.6. The number of nitrogens with zero attached hydrogens (tertiary/aromatic N) is 2. The van der Waals surface area contributed by atoms with E-state index in [1.807, 2.05) is 11.8 Å². The lowest BCUT2D eigenvalue weighted by Crippen LogP contribution is -2.30. The molecule has 1 saturated heterocycles. The first kappa shape index (κ1) is 11.9. The van der Waals surface area contributed by atoms with E-state index >= 15 is 0 Å². The van der Waals surface area contributed by atoms with Gasteiger partial charge in [0, 0.05) is 6.42 Å². The van der Waals surface area contributed by atoms with Crippen LogP contribution in [0.25, 0.3) is 0 Å². The minimum Gasteiger partial charge on any atom is -0.339 e. The lowest BCUT2D eigenvalue weighted by Gasteiger charge is -2.20. The van der Waals surface area contributed by atoms with Gasteiger partial charge in [0.2, 0.25) is 5.89 Å². The molecule has 90 valence electrons. The van der Waals surface area contributed by atoms with Gasteiger partial charge in [-0.2, -0.15) is 16.7 Å². The van der Waals surface area contributed by atoms with Crippen LogP contribution in [0.4, 0.5) is 0 Å². The van der Waals surface area contributed by atoms with Crippen molar-refractivity contribution in [3.8, 4) is 0 Å². The quantitative estimate of drug-likeness (QED) is 0.853. The lowest BCUT2D eigenvalue weighted by molar-refractivity contribution is 0.315. The van der Waals surface area contributed by atoms with Gasteiger partial charge < -0.3 is 9.84 Å². The molecule has 1 unspecified atom stereocenters. The third kappa shape index (κ3) is 3.49. The van der Waals surface area contributed by atoms with Crippen LogP contribution in [0.1, 0.15) is 31.5 Å². The Bertz CT molecular complexity index is 310. The summed E-state index contributed by atoms with van der Waals surface area (Å²) in [4.78, 5) is 4.42. The minimum atomic E-state index is 0.667. The summed E-state index contributed by atoms with van der Waals surface area (Å²) in [6.45, 7) is 4.37. The maximum absolute atomic E-state index is 5.26. The van der Waals surface area contributed by atoms with Crippen LogP contribution in [0.5, 0.6) is 0 Å². The minimum absolute atomic E-state index is 0.667. The smallest absolute Gasteiger partial charge is 0.226 e. The molecule has 1 fully saturated rings. The Hall–Kier alpha value is -0.550. The highest BCUT2D eigenvalue weighted by atomic mass is 32.2. The zero-order chi connectivity index (χ0) is 11.2. The molecule has 1 aromatic rings. The monoisotopic (exact) mass is 241 g/mol. The molecule has 1 aromatic heterocycles. The van der Waals surface area contributed by atoms with E-state index in [1.165, 1.54) is 12.8 Å². The van der Waals surface area contributed by atoms with Gasteiger partial charge in [-0.25, -0.2) is 0 Å². The Kier molecular flexibility index (Phi) is 4.66. The van der Waals surface area contributed by atoms with Crippen LogP contribution in [-0.4, -0.2) is 29.0 Å². The Labute approximate surface area is 101 Å². The van der Waals surface area contributed by atoms with Crippen molar-refractivity contribution in [2.24, 2.45) is 5.92 Å². The Balaban J connectivity index is 1.81. The molecule has 1 N–H and O–H groups in total. The number of nitrogens with one attached hydrogen (secondary N) is 1. The molecule has 2 rings (SSSR count). The van der Waals surface area contributed by atoms with Crippen molar-refractivity contribution >= 4 is 11.8 Å². The second-order valence-electron chi connectivity index (χ2n) is 4.16. The van der Waals surface area contributed by atoms with Crippen molar-refractivity contribution in [2.45, 2.75) is 31.9 Å². The molecule has 0 spiro atoms. The van der Waals surface area contributed by atoms with Crippen molar-refractivity contribution in [1.82, 2.24) is 15.5 Å². The lowest BCUT2D eigenvalue weighted by atomic mass is 9.96. The van der Waals surface area contributed by atoms with E-state index in [1.54, 1.807) is 0 Å². The summed E-state index contributed by atoms with van der Waals surface area (Å²) in [5, 5.41) is 7.39. The molecule has 0 saturated carbocycles. The standard InChI is InChI=1S/C11H19N3OS/c1-2-16-8-10-13-11(15-14-10)6-9-4-3-5-12-7-9/h9,12H,2-8H2,1H3. The fourth-order valence-electron chi connectivity index (χ4n) is 1.97. The van der Waals surface area contributed by atoms with Crippen LogP contribution in [0.2, 0.25) is 0 Å². The normalized spacial score (nSPS) is 21.2. The Morgan fingerprint density at radius 2 is 2.50 bits per heavy atom. The topological polar surface area (TPSA) is 51.0 Å². The maximum Gasteiger partial charge on any atom is 0.226 e. The summed E-state index contributed by atoms with van der Waals surface area (Å²) in [7, 11) is 0. The number of thioether (sulfide) groups is 1. The first-order valence-corrected chi connectivity index (χ1v) is 7.14. The predicted molar refractivity (Wildman–Crippen MR) is 65.4 cm³/mol. The summed E-state index contributed by atoms with van der Waals surface area (Å²) in [6, 6.07) is 0. The maximum atomic E-state index is 5.26. The third-order valence-corrected chi connectivity index (χ3v) is 3.68. The molecule has 1 aliphatic rings. The summed E-state index contributed by atoms with van der Waals surface area (Å²) in [6.07, 6.45) is 3.46. The average molecular weight is 241 g/mol. The molecular weight excluding hydrogens is 222 g/mol. The molecule has 0 aliphatic carbocycles. The van der Waals surface area contributed by atoms with E-state index in [2.05, 4.69) is 22.4 Å². The zero-order valence-electron chi connectivity index (χ0n) is 9.74.